The third-order valence-electron chi connectivity index (χ3n) is 1.27. The summed E-state index contributed by atoms with van der Waals surface area (Å²) >= 11 is 3.19. The second-order valence-corrected chi connectivity index (χ2v) is 2.76. The van der Waals surface area contributed by atoms with Crippen LogP contribution in [0, 0.1) is 0 Å². The van der Waals surface area contributed by atoms with Crippen LogP contribution < -0.4 is 0 Å². The van der Waals surface area contributed by atoms with Crippen molar-refractivity contribution in [3.05, 3.63) is 11.8 Å². The Morgan fingerprint density at radius 3 is 2.78 bits per heavy atom. The van der Waals surface area contributed by atoms with Crippen molar-refractivity contribution in [2.75, 3.05) is 7.11 Å². The number of hydrogen-bond acceptors (Lipinski definition) is 2. The minimum atomic E-state index is -0.192. The zero-order valence-corrected chi connectivity index (χ0v) is 6.64. The molecule has 0 saturated carbocycles. The summed E-state index contributed by atoms with van der Waals surface area (Å²) in [6, 6.07) is 0. The predicted octanol–water partition coefficient (Wildman–Crippen LogP) is 1.25. The minimum absolute atomic E-state index is 0.173. The quantitative estimate of drug-likeness (QED) is 0.583. The van der Waals surface area contributed by atoms with Crippen molar-refractivity contribution in [1.82, 2.24) is 0 Å². The van der Waals surface area contributed by atoms with Crippen LogP contribution in [0.2, 0.25) is 0 Å². The second kappa shape index (κ2) is 2.52. The van der Waals surface area contributed by atoms with Gasteiger partial charge in [0.1, 0.15) is 10.6 Å². The molecule has 1 aliphatic carbocycles. The van der Waals surface area contributed by atoms with Crippen molar-refractivity contribution in [3.8, 4) is 0 Å². The molecule has 3 heteroatoms. The lowest BCUT2D eigenvalue weighted by atomic mass is 10.3. The van der Waals surface area contributed by atoms with E-state index in [4.69, 9.17) is 4.74 Å². The van der Waals surface area contributed by atoms with E-state index >= 15 is 0 Å². The van der Waals surface area contributed by atoms with E-state index < -0.39 is 0 Å². The lowest BCUT2D eigenvalue weighted by molar-refractivity contribution is -0.116. The Hall–Kier alpha value is -0.310. The van der Waals surface area contributed by atoms with E-state index in [1.807, 2.05) is 0 Å². The highest BCUT2D eigenvalue weighted by Gasteiger charge is 2.24. The summed E-state index contributed by atoms with van der Waals surface area (Å²) < 4.78 is 4.89. The third kappa shape index (κ3) is 1.15. The minimum Gasteiger partial charge on any atom is -0.500 e. The molecule has 0 saturated heterocycles. The molecule has 0 radical (unpaired) electrons. The van der Waals surface area contributed by atoms with E-state index in [1.165, 1.54) is 0 Å². The molecule has 50 valence electrons. The Labute approximate surface area is 62.0 Å². The molecule has 0 aliphatic heterocycles. The number of rotatable bonds is 1. The van der Waals surface area contributed by atoms with Crippen LogP contribution in [0.1, 0.15) is 6.42 Å². The first-order valence-electron chi connectivity index (χ1n) is 2.66. The molecular weight excluding hydrogens is 184 g/mol. The fourth-order valence-corrected chi connectivity index (χ4v) is 1.31. The normalized spacial score (nSPS) is 26.2. The molecule has 1 unspecified atom stereocenters. The van der Waals surface area contributed by atoms with Crippen molar-refractivity contribution >= 4 is 21.7 Å². The van der Waals surface area contributed by atoms with Crippen molar-refractivity contribution in [1.29, 1.82) is 0 Å². The maximum Gasteiger partial charge on any atom is 0.157 e. The predicted molar refractivity (Wildman–Crippen MR) is 37.4 cm³/mol. The van der Waals surface area contributed by atoms with Gasteiger partial charge in [0.25, 0.3) is 0 Å². The fraction of sp³-hybridized carbons (Fsp3) is 0.500. The van der Waals surface area contributed by atoms with Gasteiger partial charge in [0.05, 0.1) is 7.11 Å². The molecule has 0 aromatic heterocycles. The monoisotopic (exact) mass is 190 g/mol. The van der Waals surface area contributed by atoms with Crippen LogP contribution in [0.25, 0.3) is 0 Å². The molecule has 0 N–H and O–H groups in total. The Kier molecular flexibility index (Phi) is 1.90. The molecule has 0 amide bonds. The Morgan fingerprint density at radius 2 is 2.56 bits per heavy atom. The number of ketones is 1. The van der Waals surface area contributed by atoms with E-state index in [1.54, 1.807) is 13.2 Å². The molecule has 0 spiro atoms. The first-order valence-corrected chi connectivity index (χ1v) is 3.58. The molecule has 0 heterocycles. The SMILES string of the molecule is COC1=CCC(=O)C1Br. The zero-order chi connectivity index (χ0) is 6.85. The lowest BCUT2D eigenvalue weighted by Crippen LogP contribution is -2.09. The number of Topliss-reactive ketones (excluding diaryl/α,β-unsaturated/α-hetero) is 1. The molecule has 9 heavy (non-hydrogen) atoms. The van der Waals surface area contributed by atoms with Gasteiger partial charge in [-0.15, -0.1) is 0 Å². The molecular formula is C6H7BrO2. The van der Waals surface area contributed by atoms with E-state index in [2.05, 4.69) is 15.9 Å². The highest BCUT2D eigenvalue weighted by atomic mass is 79.9. The zero-order valence-electron chi connectivity index (χ0n) is 5.06. The van der Waals surface area contributed by atoms with Crippen LogP contribution in [0.3, 0.4) is 0 Å². The standard InChI is InChI=1S/C6H7BrO2/c1-9-5-3-2-4(8)6(5)7/h3,6H,2H2,1H3. The van der Waals surface area contributed by atoms with Crippen LogP contribution in [-0.4, -0.2) is 17.7 Å². The summed E-state index contributed by atoms with van der Waals surface area (Å²) in [5.41, 5.74) is 0. The number of methoxy groups -OCH3 is 1. The molecule has 1 aliphatic rings. The number of hydrogen-bond donors (Lipinski definition) is 0. The average molecular weight is 191 g/mol. The van der Waals surface area contributed by atoms with E-state index in [-0.39, 0.29) is 10.6 Å². The van der Waals surface area contributed by atoms with Gasteiger partial charge in [0.15, 0.2) is 5.78 Å². The molecule has 0 aromatic rings. The summed E-state index contributed by atoms with van der Waals surface area (Å²) in [7, 11) is 1.57. The molecule has 1 atom stereocenters. The first-order chi connectivity index (χ1) is 4.25. The van der Waals surface area contributed by atoms with Crippen molar-refractivity contribution < 1.29 is 9.53 Å². The molecule has 0 fully saturated rings. The van der Waals surface area contributed by atoms with Gasteiger partial charge in [-0.2, -0.15) is 0 Å². The Bertz CT molecular complexity index is 162. The molecule has 1 rings (SSSR count). The van der Waals surface area contributed by atoms with Gasteiger partial charge < -0.3 is 4.74 Å². The topological polar surface area (TPSA) is 26.3 Å². The van der Waals surface area contributed by atoms with E-state index in [0.717, 1.165) is 5.76 Å². The van der Waals surface area contributed by atoms with Crippen molar-refractivity contribution in [3.63, 3.8) is 0 Å². The van der Waals surface area contributed by atoms with Crippen LogP contribution in [0.4, 0.5) is 0 Å². The van der Waals surface area contributed by atoms with Gasteiger partial charge in [-0.3, -0.25) is 4.79 Å². The maximum atomic E-state index is 10.8. The molecule has 2 nitrogen and oxygen atoms in total. The number of ether oxygens (including phenoxy) is 1. The van der Waals surface area contributed by atoms with E-state index in [0.29, 0.717) is 6.42 Å². The maximum absolute atomic E-state index is 10.8. The highest BCUT2D eigenvalue weighted by Crippen LogP contribution is 2.22. The number of alkyl halides is 1. The van der Waals surface area contributed by atoms with E-state index in [9.17, 15) is 4.79 Å². The lowest BCUT2D eigenvalue weighted by Gasteiger charge is -2.02. The van der Waals surface area contributed by atoms with Gasteiger partial charge in [-0.25, -0.2) is 0 Å². The smallest absolute Gasteiger partial charge is 0.157 e. The van der Waals surface area contributed by atoms with Gasteiger partial charge in [0, 0.05) is 6.42 Å². The van der Waals surface area contributed by atoms with Gasteiger partial charge >= 0.3 is 0 Å². The van der Waals surface area contributed by atoms with Gasteiger partial charge in [0.2, 0.25) is 0 Å². The fourth-order valence-electron chi connectivity index (χ4n) is 0.754. The Balaban J connectivity index is 2.66. The number of carbonyl (C=O) groups excluding carboxylic acids is 1. The second-order valence-electron chi connectivity index (χ2n) is 1.84. The third-order valence-corrected chi connectivity index (χ3v) is 2.23. The Morgan fingerprint density at radius 1 is 1.89 bits per heavy atom. The van der Waals surface area contributed by atoms with Gasteiger partial charge in [-0.05, 0) is 6.08 Å². The van der Waals surface area contributed by atoms with Crippen LogP contribution >= 0.6 is 15.9 Å². The van der Waals surface area contributed by atoms with Crippen LogP contribution in [0.15, 0.2) is 11.8 Å². The summed E-state index contributed by atoms with van der Waals surface area (Å²) in [6.07, 6.45) is 2.29. The number of halogens is 1. The summed E-state index contributed by atoms with van der Waals surface area (Å²) in [6.45, 7) is 0. The number of allylic oxidation sites excluding steroid dienone is 2. The summed E-state index contributed by atoms with van der Waals surface area (Å²) in [4.78, 5) is 10.6. The van der Waals surface area contributed by atoms with Gasteiger partial charge in [-0.1, -0.05) is 15.9 Å². The molecule has 0 bridgehead atoms. The number of carbonyl (C=O) groups is 1. The van der Waals surface area contributed by atoms with Crippen LogP contribution in [-0.2, 0) is 9.53 Å². The molecule has 0 aromatic carbocycles. The first kappa shape index (κ1) is 6.81. The van der Waals surface area contributed by atoms with Crippen molar-refractivity contribution in [2.45, 2.75) is 11.2 Å². The summed E-state index contributed by atoms with van der Waals surface area (Å²) in [5.74, 6) is 0.909. The highest BCUT2D eigenvalue weighted by molar-refractivity contribution is 9.10. The average Bonchev–Trinajstić information content (AvgIpc) is 2.15. The summed E-state index contributed by atoms with van der Waals surface area (Å²) in [5, 5.41) is 0. The van der Waals surface area contributed by atoms with Crippen LogP contribution in [0.5, 0.6) is 0 Å². The largest absolute Gasteiger partial charge is 0.500 e. The van der Waals surface area contributed by atoms with Crippen molar-refractivity contribution in [2.24, 2.45) is 0 Å².